The summed E-state index contributed by atoms with van der Waals surface area (Å²) in [5.41, 5.74) is 0.481. The van der Waals surface area contributed by atoms with E-state index in [9.17, 15) is 8.42 Å². The molecule has 0 aliphatic heterocycles. The lowest BCUT2D eigenvalue weighted by Gasteiger charge is -2.06. The van der Waals surface area contributed by atoms with Crippen LogP contribution in [0.1, 0.15) is 26.2 Å². The van der Waals surface area contributed by atoms with E-state index in [0.717, 1.165) is 25.9 Å². The van der Waals surface area contributed by atoms with Crippen LogP contribution < -0.4 is 10.0 Å². The first-order valence-electron chi connectivity index (χ1n) is 5.84. The molecule has 17 heavy (non-hydrogen) atoms. The Labute approximate surface area is 102 Å². The number of aromatic nitrogens is 2. The molecule has 0 bridgehead atoms. The predicted molar refractivity (Wildman–Crippen MR) is 68.4 cm³/mol. The van der Waals surface area contributed by atoms with Crippen molar-refractivity contribution < 1.29 is 8.42 Å². The van der Waals surface area contributed by atoms with Gasteiger partial charge in [0, 0.05) is 6.20 Å². The quantitative estimate of drug-likeness (QED) is 0.576. The van der Waals surface area contributed by atoms with Crippen molar-refractivity contribution in [2.75, 3.05) is 23.6 Å². The lowest BCUT2D eigenvalue weighted by molar-refractivity contribution is 0.590. The Hall–Kier alpha value is -1.08. The molecule has 1 aromatic heterocycles. The zero-order chi connectivity index (χ0) is 12.6. The maximum absolute atomic E-state index is 11.6. The van der Waals surface area contributed by atoms with Crippen molar-refractivity contribution in [3.63, 3.8) is 0 Å². The van der Waals surface area contributed by atoms with Gasteiger partial charge in [-0.3, -0.25) is 9.82 Å². The van der Waals surface area contributed by atoms with E-state index in [2.05, 4.69) is 27.2 Å². The van der Waals surface area contributed by atoms with Gasteiger partial charge in [0.2, 0.25) is 10.0 Å². The predicted octanol–water partition coefficient (Wildman–Crippen LogP) is 0.931. The summed E-state index contributed by atoms with van der Waals surface area (Å²) in [7, 11) is -3.24. The van der Waals surface area contributed by atoms with Crippen LogP contribution in [0.15, 0.2) is 12.4 Å². The van der Waals surface area contributed by atoms with Crippen LogP contribution in [0.2, 0.25) is 0 Å². The number of H-pyrrole nitrogens is 1. The highest BCUT2D eigenvalue weighted by Gasteiger charge is 2.10. The summed E-state index contributed by atoms with van der Waals surface area (Å²) in [6.07, 6.45) is 5.58. The van der Waals surface area contributed by atoms with E-state index in [1.807, 2.05) is 0 Å². The largest absolute Gasteiger partial charge is 0.317 e. The van der Waals surface area contributed by atoms with E-state index in [4.69, 9.17) is 0 Å². The van der Waals surface area contributed by atoms with E-state index in [1.165, 1.54) is 12.4 Å². The van der Waals surface area contributed by atoms with Crippen molar-refractivity contribution in [2.24, 2.45) is 0 Å². The minimum atomic E-state index is -3.24. The fourth-order valence-corrected chi connectivity index (χ4v) is 2.54. The van der Waals surface area contributed by atoms with Crippen molar-refractivity contribution in [1.82, 2.24) is 15.5 Å². The summed E-state index contributed by atoms with van der Waals surface area (Å²) in [5.74, 6) is 0.145. The molecule has 3 N–H and O–H groups in total. The number of sulfonamides is 1. The Morgan fingerprint density at radius 2 is 2.18 bits per heavy atom. The first-order chi connectivity index (χ1) is 8.14. The Kier molecular flexibility index (Phi) is 5.99. The van der Waals surface area contributed by atoms with Crippen LogP contribution in [0.3, 0.4) is 0 Å². The SMILES string of the molecule is CCCNCCCCS(=O)(=O)Nc1cn[nH]c1. The molecule has 0 aliphatic carbocycles. The van der Waals surface area contributed by atoms with Crippen LogP contribution in [0, 0.1) is 0 Å². The van der Waals surface area contributed by atoms with Gasteiger partial charge in [0.15, 0.2) is 0 Å². The summed E-state index contributed by atoms with van der Waals surface area (Å²) in [6.45, 7) is 3.96. The van der Waals surface area contributed by atoms with Gasteiger partial charge < -0.3 is 5.32 Å². The first kappa shape index (κ1) is 14.0. The molecule has 1 rings (SSSR count). The summed E-state index contributed by atoms with van der Waals surface area (Å²) >= 11 is 0. The standard InChI is InChI=1S/C10H20N4O2S/c1-2-5-11-6-3-4-7-17(15,16)14-10-8-12-13-9-10/h8-9,11,14H,2-7H2,1H3,(H,12,13). The second-order valence-electron chi connectivity index (χ2n) is 3.87. The second-order valence-corrected chi connectivity index (χ2v) is 5.71. The minimum Gasteiger partial charge on any atom is -0.317 e. The Balaban J connectivity index is 2.17. The maximum Gasteiger partial charge on any atom is 0.232 e. The van der Waals surface area contributed by atoms with Gasteiger partial charge in [-0.2, -0.15) is 5.10 Å². The maximum atomic E-state index is 11.6. The van der Waals surface area contributed by atoms with E-state index < -0.39 is 10.0 Å². The third-order valence-corrected chi connectivity index (χ3v) is 3.59. The highest BCUT2D eigenvalue weighted by Crippen LogP contribution is 2.06. The molecule has 6 nitrogen and oxygen atoms in total. The molecule has 0 fully saturated rings. The second kappa shape index (κ2) is 7.29. The molecule has 0 aromatic carbocycles. The normalized spacial score (nSPS) is 11.6. The lowest BCUT2D eigenvalue weighted by Crippen LogP contribution is -2.19. The van der Waals surface area contributed by atoms with Gasteiger partial charge in [0.1, 0.15) is 0 Å². The van der Waals surface area contributed by atoms with Crippen LogP contribution in [0.4, 0.5) is 5.69 Å². The van der Waals surface area contributed by atoms with Gasteiger partial charge >= 0.3 is 0 Å². The molecular formula is C10H20N4O2S. The van der Waals surface area contributed by atoms with Gasteiger partial charge in [-0.25, -0.2) is 8.42 Å². The number of unbranched alkanes of at least 4 members (excludes halogenated alkanes) is 1. The highest BCUT2D eigenvalue weighted by molar-refractivity contribution is 7.92. The summed E-state index contributed by atoms with van der Waals surface area (Å²) in [6, 6.07) is 0. The van der Waals surface area contributed by atoms with Crippen LogP contribution in [0.5, 0.6) is 0 Å². The number of aromatic amines is 1. The molecule has 0 saturated heterocycles. The average molecular weight is 260 g/mol. The highest BCUT2D eigenvalue weighted by atomic mass is 32.2. The molecule has 0 aliphatic rings. The molecular weight excluding hydrogens is 240 g/mol. The van der Waals surface area contributed by atoms with Gasteiger partial charge in [-0.1, -0.05) is 6.92 Å². The van der Waals surface area contributed by atoms with E-state index >= 15 is 0 Å². The van der Waals surface area contributed by atoms with Gasteiger partial charge in [0.25, 0.3) is 0 Å². The summed E-state index contributed by atoms with van der Waals surface area (Å²) in [5, 5.41) is 9.47. The molecule has 0 unspecified atom stereocenters. The number of nitrogens with zero attached hydrogens (tertiary/aromatic N) is 1. The number of hydrogen-bond donors (Lipinski definition) is 3. The number of hydrogen-bond acceptors (Lipinski definition) is 4. The van der Waals surface area contributed by atoms with Gasteiger partial charge in [-0.15, -0.1) is 0 Å². The molecule has 0 saturated carbocycles. The molecule has 98 valence electrons. The Bertz CT molecular complexity index is 388. The molecule has 1 heterocycles. The molecule has 0 spiro atoms. The fraction of sp³-hybridized carbons (Fsp3) is 0.700. The Morgan fingerprint density at radius 1 is 1.35 bits per heavy atom. The van der Waals surface area contributed by atoms with Crippen LogP contribution in [0.25, 0.3) is 0 Å². The smallest absolute Gasteiger partial charge is 0.232 e. The monoisotopic (exact) mass is 260 g/mol. The summed E-state index contributed by atoms with van der Waals surface area (Å²) in [4.78, 5) is 0. The fourth-order valence-electron chi connectivity index (χ4n) is 1.38. The molecule has 0 amide bonds. The zero-order valence-electron chi connectivity index (χ0n) is 10.1. The molecule has 0 radical (unpaired) electrons. The van der Waals surface area contributed by atoms with E-state index in [-0.39, 0.29) is 5.75 Å². The zero-order valence-corrected chi connectivity index (χ0v) is 10.9. The average Bonchev–Trinajstić information content (AvgIpc) is 2.75. The van der Waals surface area contributed by atoms with E-state index in [1.54, 1.807) is 0 Å². The molecule has 7 heteroatoms. The van der Waals surface area contributed by atoms with Crippen LogP contribution in [-0.2, 0) is 10.0 Å². The Morgan fingerprint density at radius 3 is 2.82 bits per heavy atom. The lowest BCUT2D eigenvalue weighted by atomic mass is 10.3. The topological polar surface area (TPSA) is 86.9 Å². The van der Waals surface area contributed by atoms with Crippen molar-refractivity contribution in [1.29, 1.82) is 0 Å². The molecule has 0 atom stereocenters. The van der Waals surface area contributed by atoms with E-state index in [0.29, 0.717) is 12.1 Å². The van der Waals surface area contributed by atoms with Crippen LogP contribution >= 0.6 is 0 Å². The number of nitrogens with one attached hydrogen (secondary N) is 3. The van der Waals surface area contributed by atoms with Crippen LogP contribution in [-0.4, -0.2) is 37.5 Å². The van der Waals surface area contributed by atoms with Gasteiger partial charge in [0.05, 0.1) is 17.6 Å². The number of rotatable bonds is 9. The van der Waals surface area contributed by atoms with Crippen molar-refractivity contribution in [3.05, 3.63) is 12.4 Å². The van der Waals surface area contributed by atoms with Crippen molar-refractivity contribution in [2.45, 2.75) is 26.2 Å². The number of anilines is 1. The minimum absolute atomic E-state index is 0.145. The third kappa shape index (κ3) is 6.28. The van der Waals surface area contributed by atoms with Crippen molar-refractivity contribution in [3.8, 4) is 0 Å². The third-order valence-electron chi connectivity index (χ3n) is 2.21. The van der Waals surface area contributed by atoms with Gasteiger partial charge in [-0.05, 0) is 32.4 Å². The molecule has 1 aromatic rings. The first-order valence-corrected chi connectivity index (χ1v) is 7.49. The summed E-state index contributed by atoms with van der Waals surface area (Å²) < 4.78 is 25.7. The van der Waals surface area contributed by atoms with Crippen molar-refractivity contribution >= 4 is 15.7 Å².